The zero-order valence-corrected chi connectivity index (χ0v) is 11.4. The van der Waals surface area contributed by atoms with Crippen LogP contribution >= 0.6 is 11.6 Å². The van der Waals surface area contributed by atoms with Gasteiger partial charge in [0, 0.05) is 12.2 Å². The maximum absolute atomic E-state index is 13.4. The van der Waals surface area contributed by atoms with E-state index in [-0.39, 0.29) is 11.1 Å². The highest BCUT2D eigenvalue weighted by Crippen LogP contribution is 2.29. The van der Waals surface area contributed by atoms with Crippen LogP contribution in [0, 0.1) is 5.82 Å². The van der Waals surface area contributed by atoms with E-state index in [9.17, 15) is 4.39 Å². The monoisotopic (exact) mass is 291 g/mol. The molecule has 0 bridgehead atoms. The fourth-order valence-electron chi connectivity index (χ4n) is 2.09. The number of hydrogen-bond donors (Lipinski definition) is 1. The zero-order valence-electron chi connectivity index (χ0n) is 10.6. The van der Waals surface area contributed by atoms with E-state index in [2.05, 4.69) is 19.9 Å². The molecule has 0 aliphatic carbocycles. The van der Waals surface area contributed by atoms with Gasteiger partial charge in [0.1, 0.15) is 11.3 Å². The Kier molecular flexibility index (Phi) is 3.23. The highest BCUT2D eigenvalue weighted by Gasteiger charge is 2.16. The Morgan fingerprint density at radius 3 is 2.95 bits per heavy atom. The number of aromatic amines is 1. The van der Waals surface area contributed by atoms with Gasteiger partial charge < -0.3 is 9.88 Å². The summed E-state index contributed by atoms with van der Waals surface area (Å²) in [4.78, 5) is 17.2. The van der Waals surface area contributed by atoms with Crippen molar-refractivity contribution in [2.45, 2.75) is 6.92 Å². The second kappa shape index (κ2) is 5.05. The molecule has 0 unspecified atom stereocenters. The van der Waals surface area contributed by atoms with Crippen LogP contribution in [0.4, 0.5) is 15.9 Å². The van der Waals surface area contributed by atoms with E-state index in [0.717, 1.165) is 0 Å². The second-order valence-electron chi connectivity index (χ2n) is 4.14. The molecule has 0 atom stereocenters. The summed E-state index contributed by atoms with van der Waals surface area (Å²) in [5.74, 6) is 0.271. The molecule has 0 saturated heterocycles. The molecule has 7 heteroatoms. The van der Waals surface area contributed by atoms with Gasteiger partial charge in [-0.2, -0.15) is 9.97 Å². The molecular formula is C13H11ClFN5. The summed E-state index contributed by atoms with van der Waals surface area (Å²) in [5, 5.41) is 0.106. The van der Waals surface area contributed by atoms with Crippen LogP contribution in [-0.4, -0.2) is 26.5 Å². The molecule has 0 saturated carbocycles. The van der Waals surface area contributed by atoms with Crippen LogP contribution < -0.4 is 4.90 Å². The smallest absolute Gasteiger partial charge is 0.226 e. The Balaban J connectivity index is 2.18. The third-order valence-electron chi connectivity index (χ3n) is 2.93. The molecule has 3 aromatic rings. The number of rotatable bonds is 3. The number of nitrogens with one attached hydrogen (secondary N) is 1. The Morgan fingerprint density at radius 1 is 1.35 bits per heavy atom. The van der Waals surface area contributed by atoms with Crippen molar-refractivity contribution < 1.29 is 4.39 Å². The van der Waals surface area contributed by atoms with Crippen LogP contribution in [0.1, 0.15) is 6.92 Å². The van der Waals surface area contributed by atoms with Gasteiger partial charge in [-0.05, 0) is 36.7 Å². The molecule has 0 radical (unpaired) electrons. The fraction of sp³-hybridized carbons (Fsp3) is 0.154. The zero-order chi connectivity index (χ0) is 14.1. The van der Waals surface area contributed by atoms with Crippen molar-refractivity contribution >= 4 is 34.3 Å². The first kappa shape index (κ1) is 12.8. The summed E-state index contributed by atoms with van der Waals surface area (Å²) in [7, 11) is 0. The average molecular weight is 292 g/mol. The number of H-pyrrole nitrogens is 1. The van der Waals surface area contributed by atoms with E-state index in [1.54, 1.807) is 6.07 Å². The van der Waals surface area contributed by atoms with Crippen molar-refractivity contribution in [2.24, 2.45) is 0 Å². The number of fused-ring (bicyclic) bond motifs is 1. The number of aromatic nitrogens is 4. The summed E-state index contributed by atoms with van der Waals surface area (Å²) in [6.45, 7) is 2.55. The van der Waals surface area contributed by atoms with E-state index in [1.807, 2.05) is 17.9 Å². The third kappa shape index (κ3) is 2.18. The average Bonchev–Trinajstić information content (AvgIpc) is 2.87. The van der Waals surface area contributed by atoms with Gasteiger partial charge in [-0.1, -0.05) is 6.07 Å². The quantitative estimate of drug-likeness (QED) is 0.752. The summed E-state index contributed by atoms with van der Waals surface area (Å²) in [6.07, 6.45) is 1.53. The molecule has 0 fully saturated rings. The lowest BCUT2D eigenvalue weighted by Gasteiger charge is -2.22. The first-order valence-corrected chi connectivity index (χ1v) is 6.46. The predicted molar refractivity (Wildman–Crippen MR) is 75.8 cm³/mol. The molecule has 1 N–H and O–H groups in total. The highest BCUT2D eigenvalue weighted by atomic mass is 35.5. The fourth-order valence-corrected chi connectivity index (χ4v) is 2.25. The van der Waals surface area contributed by atoms with Gasteiger partial charge in [0.2, 0.25) is 5.28 Å². The maximum atomic E-state index is 13.4. The summed E-state index contributed by atoms with van der Waals surface area (Å²) < 4.78 is 13.4. The van der Waals surface area contributed by atoms with Gasteiger partial charge >= 0.3 is 0 Å². The number of hydrogen-bond acceptors (Lipinski definition) is 4. The minimum Gasteiger partial charge on any atom is -0.340 e. The van der Waals surface area contributed by atoms with Crippen LogP contribution in [0.25, 0.3) is 11.2 Å². The van der Waals surface area contributed by atoms with Crippen molar-refractivity contribution in [3.63, 3.8) is 0 Å². The van der Waals surface area contributed by atoms with Crippen molar-refractivity contribution in [1.29, 1.82) is 0 Å². The van der Waals surface area contributed by atoms with Crippen LogP contribution in [0.15, 0.2) is 30.6 Å². The normalized spacial score (nSPS) is 10.9. The maximum Gasteiger partial charge on any atom is 0.226 e. The first-order valence-electron chi connectivity index (χ1n) is 6.08. The van der Waals surface area contributed by atoms with Crippen LogP contribution in [0.3, 0.4) is 0 Å². The van der Waals surface area contributed by atoms with Gasteiger partial charge in [0.15, 0.2) is 11.5 Å². The van der Waals surface area contributed by atoms with Crippen molar-refractivity contribution in [3.05, 3.63) is 41.7 Å². The lowest BCUT2D eigenvalue weighted by Crippen LogP contribution is -2.18. The lowest BCUT2D eigenvalue weighted by molar-refractivity contribution is 0.627. The topological polar surface area (TPSA) is 57.7 Å². The number of anilines is 2. The number of benzene rings is 1. The van der Waals surface area contributed by atoms with Crippen LogP contribution in [0.2, 0.25) is 5.28 Å². The van der Waals surface area contributed by atoms with Crippen molar-refractivity contribution in [1.82, 2.24) is 19.9 Å². The van der Waals surface area contributed by atoms with E-state index < -0.39 is 0 Å². The molecule has 1 aromatic carbocycles. The molecule has 3 rings (SSSR count). The van der Waals surface area contributed by atoms with Crippen molar-refractivity contribution in [2.75, 3.05) is 11.4 Å². The van der Waals surface area contributed by atoms with Gasteiger partial charge in [-0.25, -0.2) is 9.37 Å². The minimum absolute atomic E-state index is 0.106. The number of nitrogens with zero attached hydrogens (tertiary/aromatic N) is 4. The summed E-state index contributed by atoms with van der Waals surface area (Å²) in [6, 6.07) is 6.31. The molecule has 0 amide bonds. The van der Waals surface area contributed by atoms with E-state index >= 15 is 0 Å². The molecule has 0 aliphatic rings. The molecule has 2 heterocycles. The lowest BCUT2D eigenvalue weighted by atomic mass is 10.2. The molecule has 20 heavy (non-hydrogen) atoms. The molecule has 2 aromatic heterocycles. The summed E-state index contributed by atoms with van der Waals surface area (Å²) in [5.41, 5.74) is 1.84. The Bertz CT molecular complexity index is 757. The molecule has 102 valence electrons. The second-order valence-corrected chi connectivity index (χ2v) is 4.48. The van der Waals surface area contributed by atoms with E-state index in [4.69, 9.17) is 11.6 Å². The first-order chi connectivity index (χ1) is 9.69. The van der Waals surface area contributed by atoms with Gasteiger partial charge in [0.05, 0.1) is 6.33 Å². The molecular weight excluding hydrogens is 281 g/mol. The molecule has 0 spiro atoms. The van der Waals surface area contributed by atoms with E-state index in [1.165, 1.54) is 18.5 Å². The minimum atomic E-state index is -0.304. The van der Waals surface area contributed by atoms with Crippen LogP contribution in [0.5, 0.6) is 0 Å². The Hall–Kier alpha value is -2.21. The molecule has 5 nitrogen and oxygen atoms in total. The van der Waals surface area contributed by atoms with Gasteiger partial charge in [-0.3, -0.25) is 0 Å². The van der Waals surface area contributed by atoms with Crippen LogP contribution in [-0.2, 0) is 0 Å². The summed E-state index contributed by atoms with van der Waals surface area (Å²) >= 11 is 5.92. The number of halogens is 2. The Morgan fingerprint density at radius 2 is 2.20 bits per heavy atom. The van der Waals surface area contributed by atoms with E-state index in [0.29, 0.717) is 29.2 Å². The largest absolute Gasteiger partial charge is 0.340 e. The van der Waals surface area contributed by atoms with Gasteiger partial charge in [0.25, 0.3) is 0 Å². The Labute approximate surface area is 119 Å². The predicted octanol–water partition coefficient (Wildman–Crippen LogP) is 3.30. The van der Waals surface area contributed by atoms with Gasteiger partial charge in [-0.15, -0.1) is 0 Å². The van der Waals surface area contributed by atoms with Crippen molar-refractivity contribution in [3.8, 4) is 0 Å². The number of imidazole rings is 1. The molecule has 0 aliphatic heterocycles. The standard InChI is InChI=1S/C13H11ClFN5/c1-2-20(9-5-3-4-8(15)6-9)12-10-11(17-7-16-10)18-13(14)19-12/h3-7H,2H2,1H3,(H,16,17,18,19). The highest BCUT2D eigenvalue weighted by molar-refractivity contribution is 6.28. The third-order valence-corrected chi connectivity index (χ3v) is 3.10. The SMILES string of the molecule is CCN(c1cccc(F)c1)c1nc(Cl)nc2nc[nH]c12.